The van der Waals surface area contributed by atoms with Gasteiger partial charge in [-0.3, -0.25) is 14.4 Å². The molecule has 6 nitrogen and oxygen atoms in total. The van der Waals surface area contributed by atoms with Gasteiger partial charge in [-0.2, -0.15) is 0 Å². The standard InChI is InChI=1S/C61H104O6/c1-4-7-10-13-16-19-22-25-28-30-33-36-39-42-45-48-51-54-60(63)66-57-58(56-65-59(62)53-50-47-44-41-38-35-32-27-24-21-18-15-12-9-6-3)67-61(64)55-52-49-46-43-40-37-34-31-29-26-23-20-17-14-11-8-5-2/h18,21,25-29,32-33,36,38,41-42,45,58H,4-17,19-20,22-24,30-31,34-35,37,39-40,43-44,46-57H2,1-3H3/b21-18-,28-25-,29-26-,32-27-,36-33-,41-38-,45-42-/t58-/m1/s1. The lowest BCUT2D eigenvalue weighted by molar-refractivity contribution is -0.167. The van der Waals surface area contributed by atoms with Crippen molar-refractivity contribution in [1.29, 1.82) is 0 Å². The monoisotopic (exact) mass is 933 g/mol. The first kappa shape index (κ1) is 63.6. The van der Waals surface area contributed by atoms with Crippen LogP contribution in [0.1, 0.15) is 265 Å². The first-order valence-corrected chi connectivity index (χ1v) is 28.1. The van der Waals surface area contributed by atoms with E-state index in [9.17, 15) is 14.4 Å². The molecule has 384 valence electrons. The largest absolute Gasteiger partial charge is 0.462 e. The fraction of sp³-hybridized carbons (Fsp3) is 0.721. The van der Waals surface area contributed by atoms with Gasteiger partial charge in [0.1, 0.15) is 13.2 Å². The first-order valence-electron chi connectivity index (χ1n) is 28.1. The van der Waals surface area contributed by atoms with E-state index in [2.05, 4.69) is 106 Å². The molecule has 0 N–H and O–H groups in total. The highest BCUT2D eigenvalue weighted by Gasteiger charge is 2.19. The number of rotatable bonds is 50. The summed E-state index contributed by atoms with van der Waals surface area (Å²) in [5, 5.41) is 0. The molecule has 0 radical (unpaired) electrons. The molecule has 0 aromatic heterocycles. The summed E-state index contributed by atoms with van der Waals surface area (Å²) < 4.78 is 16.8. The Labute approximate surface area is 414 Å². The topological polar surface area (TPSA) is 78.9 Å². The molecule has 0 unspecified atom stereocenters. The molecule has 0 amide bonds. The van der Waals surface area contributed by atoms with E-state index in [-0.39, 0.29) is 37.5 Å². The van der Waals surface area contributed by atoms with Crippen LogP contribution in [0.3, 0.4) is 0 Å². The van der Waals surface area contributed by atoms with Crippen LogP contribution >= 0.6 is 0 Å². The molecule has 0 fully saturated rings. The van der Waals surface area contributed by atoms with Crippen molar-refractivity contribution in [2.75, 3.05) is 13.2 Å². The summed E-state index contributed by atoms with van der Waals surface area (Å²) >= 11 is 0. The van der Waals surface area contributed by atoms with Crippen molar-refractivity contribution in [3.8, 4) is 0 Å². The summed E-state index contributed by atoms with van der Waals surface area (Å²) in [5.74, 6) is -1.00. The fourth-order valence-corrected chi connectivity index (χ4v) is 7.58. The van der Waals surface area contributed by atoms with Gasteiger partial charge in [-0.25, -0.2) is 0 Å². The van der Waals surface area contributed by atoms with E-state index in [0.29, 0.717) is 19.3 Å². The molecule has 0 rings (SSSR count). The van der Waals surface area contributed by atoms with Gasteiger partial charge in [0.05, 0.1) is 0 Å². The predicted octanol–water partition coefficient (Wildman–Crippen LogP) is 18.8. The summed E-state index contributed by atoms with van der Waals surface area (Å²) in [4.78, 5) is 38.1. The molecule has 0 bridgehead atoms. The Morgan fingerprint density at radius 3 is 0.970 bits per heavy atom. The van der Waals surface area contributed by atoms with E-state index in [1.54, 1.807) is 0 Å². The third kappa shape index (κ3) is 53.4. The minimum absolute atomic E-state index is 0.114. The number of hydrogen-bond acceptors (Lipinski definition) is 6. The molecule has 0 heterocycles. The van der Waals surface area contributed by atoms with Gasteiger partial charge in [0.25, 0.3) is 0 Å². The minimum Gasteiger partial charge on any atom is -0.462 e. The number of carbonyl (C=O) groups excluding carboxylic acids is 3. The Balaban J connectivity index is 4.52. The molecule has 0 aromatic rings. The van der Waals surface area contributed by atoms with Crippen molar-refractivity contribution >= 4 is 17.9 Å². The highest BCUT2D eigenvalue weighted by molar-refractivity contribution is 5.71. The van der Waals surface area contributed by atoms with Crippen molar-refractivity contribution < 1.29 is 28.6 Å². The Kier molecular flexibility index (Phi) is 52.4. The quantitative estimate of drug-likeness (QED) is 0.0262. The number of unbranched alkanes of at least 4 members (excludes halogenated alkanes) is 25. The maximum absolute atomic E-state index is 12.8. The number of carbonyl (C=O) groups is 3. The first-order chi connectivity index (χ1) is 33.0. The second-order valence-electron chi connectivity index (χ2n) is 18.5. The van der Waals surface area contributed by atoms with E-state index >= 15 is 0 Å². The predicted molar refractivity (Wildman–Crippen MR) is 288 cm³/mol. The van der Waals surface area contributed by atoms with Crippen LogP contribution in [0.2, 0.25) is 0 Å². The Hall–Kier alpha value is -3.41. The molecule has 0 saturated heterocycles. The third-order valence-electron chi connectivity index (χ3n) is 11.8. The fourth-order valence-electron chi connectivity index (χ4n) is 7.58. The van der Waals surface area contributed by atoms with Gasteiger partial charge in [-0.15, -0.1) is 0 Å². The molecule has 67 heavy (non-hydrogen) atoms. The number of allylic oxidation sites excluding steroid dienone is 14. The van der Waals surface area contributed by atoms with Crippen molar-refractivity contribution in [2.24, 2.45) is 0 Å². The van der Waals surface area contributed by atoms with Crippen LogP contribution in [-0.4, -0.2) is 37.2 Å². The zero-order valence-corrected chi connectivity index (χ0v) is 43.9. The molecule has 0 aliphatic carbocycles. The van der Waals surface area contributed by atoms with Crippen LogP contribution in [0.5, 0.6) is 0 Å². The lowest BCUT2D eigenvalue weighted by atomic mass is 10.1. The number of ether oxygens (including phenoxy) is 3. The number of hydrogen-bond donors (Lipinski definition) is 0. The highest BCUT2D eigenvalue weighted by atomic mass is 16.6. The third-order valence-corrected chi connectivity index (χ3v) is 11.8. The van der Waals surface area contributed by atoms with Crippen LogP contribution in [0.25, 0.3) is 0 Å². The molecule has 0 aliphatic rings. The molecule has 0 spiro atoms. The molecule has 0 saturated carbocycles. The maximum Gasteiger partial charge on any atom is 0.306 e. The van der Waals surface area contributed by atoms with Crippen LogP contribution in [0.15, 0.2) is 85.1 Å². The van der Waals surface area contributed by atoms with Crippen molar-refractivity contribution in [3.05, 3.63) is 85.1 Å². The van der Waals surface area contributed by atoms with Gasteiger partial charge in [-0.05, 0) is 116 Å². The second-order valence-corrected chi connectivity index (χ2v) is 18.5. The van der Waals surface area contributed by atoms with E-state index in [0.717, 1.165) is 70.6 Å². The van der Waals surface area contributed by atoms with Crippen LogP contribution in [0, 0.1) is 0 Å². The lowest BCUT2D eigenvalue weighted by Gasteiger charge is -2.18. The second kappa shape index (κ2) is 55.2. The smallest absolute Gasteiger partial charge is 0.306 e. The highest BCUT2D eigenvalue weighted by Crippen LogP contribution is 2.14. The van der Waals surface area contributed by atoms with E-state index < -0.39 is 6.10 Å². The molecule has 6 heteroatoms. The van der Waals surface area contributed by atoms with E-state index in [1.165, 1.54) is 148 Å². The molecular weight excluding hydrogens is 829 g/mol. The summed E-state index contributed by atoms with van der Waals surface area (Å²) in [6.07, 6.45) is 71.5. The van der Waals surface area contributed by atoms with Crippen molar-refractivity contribution in [2.45, 2.75) is 271 Å². The summed E-state index contributed by atoms with van der Waals surface area (Å²) in [7, 11) is 0. The summed E-state index contributed by atoms with van der Waals surface area (Å²) in [6.45, 7) is 6.53. The van der Waals surface area contributed by atoms with Gasteiger partial charge < -0.3 is 14.2 Å². The Morgan fingerprint density at radius 1 is 0.299 bits per heavy atom. The molecule has 0 aromatic carbocycles. The molecule has 1 atom stereocenters. The molecular formula is C61H104O6. The van der Waals surface area contributed by atoms with Crippen LogP contribution < -0.4 is 0 Å². The van der Waals surface area contributed by atoms with Crippen molar-refractivity contribution in [1.82, 2.24) is 0 Å². The van der Waals surface area contributed by atoms with Crippen molar-refractivity contribution in [3.63, 3.8) is 0 Å². The Morgan fingerprint density at radius 2 is 0.552 bits per heavy atom. The van der Waals surface area contributed by atoms with E-state index in [1.807, 2.05) is 0 Å². The normalized spacial score (nSPS) is 12.7. The maximum atomic E-state index is 12.8. The number of esters is 3. The average Bonchev–Trinajstić information content (AvgIpc) is 3.33. The minimum atomic E-state index is -0.815. The van der Waals surface area contributed by atoms with Gasteiger partial charge >= 0.3 is 17.9 Å². The van der Waals surface area contributed by atoms with Crippen LogP contribution in [0.4, 0.5) is 0 Å². The summed E-state index contributed by atoms with van der Waals surface area (Å²) in [6, 6.07) is 0. The SMILES string of the molecule is CCCCC/C=C\C/C=C\C/C=C\CCCCC(=O)OC[C@H](COC(=O)CCC/C=C\C/C=C\C/C=C\CCCCCCCC)OC(=O)CCCCCCCCC/C=C\CCCCCCCC. The zero-order chi connectivity index (χ0) is 48.6. The lowest BCUT2D eigenvalue weighted by Crippen LogP contribution is -2.30. The van der Waals surface area contributed by atoms with Crippen LogP contribution in [-0.2, 0) is 28.6 Å². The molecule has 0 aliphatic heterocycles. The summed E-state index contributed by atoms with van der Waals surface area (Å²) in [5.41, 5.74) is 0. The Bertz CT molecular complexity index is 1300. The van der Waals surface area contributed by atoms with Gasteiger partial charge in [0.15, 0.2) is 6.10 Å². The zero-order valence-electron chi connectivity index (χ0n) is 43.9. The van der Waals surface area contributed by atoms with Gasteiger partial charge in [0.2, 0.25) is 0 Å². The van der Waals surface area contributed by atoms with Gasteiger partial charge in [-0.1, -0.05) is 215 Å². The van der Waals surface area contributed by atoms with E-state index in [4.69, 9.17) is 14.2 Å². The average molecular weight is 933 g/mol. The van der Waals surface area contributed by atoms with Gasteiger partial charge in [0, 0.05) is 19.3 Å².